The molecule has 0 aliphatic heterocycles. The van der Waals surface area contributed by atoms with Crippen molar-refractivity contribution in [2.45, 2.75) is 24.7 Å². The van der Waals surface area contributed by atoms with Gasteiger partial charge in [0.2, 0.25) is 0 Å². The van der Waals surface area contributed by atoms with Gasteiger partial charge in [-0.15, -0.1) is 0 Å². The molecule has 0 unspecified atom stereocenters. The van der Waals surface area contributed by atoms with Gasteiger partial charge in [-0.1, -0.05) is 37.3 Å². The second-order valence-corrected chi connectivity index (χ2v) is 6.48. The Kier molecular flexibility index (Phi) is 4.98. The average Bonchev–Trinajstić information content (AvgIpc) is 2.48. The lowest BCUT2D eigenvalue weighted by Crippen LogP contribution is -2.14. The van der Waals surface area contributed by atoms with Crippen LogP contribution in [0, 0.1) is 0 Å². The van der Waals surface area contributed by atoms with E-state index in [-0.39, 0.29) is 4.90 Å². The number of sulfonamides is 1. The highest BCUT2D eigenvalue weighted by Crippen LogP contribution is 2.20. The maximum atomic E-state index is 12.4. The first-order valence-corrected chi connectivity index (χ1v) is 8.45. The molecule has 0 aliphatic rings. The van der Waals surface area contributed by atoms with E-state index < -0.39 is 10.0 Å². The molecule has 0 aromatic heterocycles. The molecule has 21 heavy (non-hydrogen) atoms. The summed E-state index contributed by atoms with van der Waals surface area (Å²) in [6.45, 7) is 2.54. The normalized spacial score (nSPS) is 11.3. The number of hydrogen-bond donors (Lipinski definition) is 2. The van der Waals surface area contributed by atoms with Crippen molar-refractivity contribution < 1.29 is 8.42 Å². The zero-order valence-electron chi connectivity index (χ0n) is 12.0. The van der Waals surface area contributed by atoms with Crippen LogP contribution in [0.5, 0.6) is 0 Å². The zero-order chi connectivity index (χ0) is 15.3. The molecular weight excluding hydrogens is 284 g/mol. The fraction of sp³-hybridized carbons (Fsp3) is 0.250. The summed E-state index contributed by atoms with van der Waals surface area (Å²) in [7, 11) is -3.56. The summed E-state index contributed by atoms with van der Waals surface area (Å²) in [6.07, 6.45) is 1.51. The van der Waals surface area contributed by atoms with Crippen molar-refractivity contribution in [2.24, 2.45) is 5.73 Å². The Balaban J connectivity index is 2.25. The minimum Gasteiger partial charge on any atom is -0.330 e. The predicted octanol–water partition coefficient (Wildman–Crippen LogP) is 2.55. The van der Waals surface area contributed by atoms with Gasteiger partial charge in [0.15, 0.2) is 0 Å². The van der Waals surface area contributed by atoms with Gasteiger partial charge in [0, 0.05) is 0 Å². The Hall–Kier alpha value is -1.85. The minimum atomic E-state index is -3.56. The van der Waals surface area contributed by atoms with Crippen molar-refractivity contribution in [3.63, 3.8) is 0 Å². The molecule has 0 amide bonds. The lowest BCUT2D eigenvalue weighted by Gasteiger charge is -2.12. The van der Waals surface area contributed by atoms with Gasteiger partial charge in [0.25, 0.3) is 10.0 Å². The molecule has 4 nitrogen and oxygen atoms in total. The van der Waals surface area contributed by atoms with Crippen LogP contribution in [0.4, 0.5) is 5.69 Å². The molecule has 0 saturated heterocycles. The molecule has 0 radical (unpaired) electrons. The number of rotatable bonds is 6. The van der Waals surface area contributed by atoms with Gasteiger partial charge in [-0.3, -0.25) is 4.72 Å². The molecular formula is C16H20N2O2S. The fourth-order valence-electron chi connectivity index (χ4n) is 2.13. The molecule has 2 rings (SSSR count). The second kappa shape index (κ2) is 6.74. The van der Waals surface area contributed by atoms with Gasteiger partial charge >= 0.3 is 0 Å². The average molecular weight is 304 g/mol. The first kappa shape index (κ1) is 15.5. The van der Waals surface area contributed by atoms with Gasteiger partial charge < -0.3 is 5.73 Å². The predicted molar refractivity (Wildman–Crippen MR) is 85.8 cm³/mol. The summed E-state index contributed by atoms with van der Waals surface area (Å²) in [6, 6.07) is 14.2. The van der Waals surface area contributed by atoms with Crippen LogP contribution in [-0.4, -0.2) is 15.0 Å². The van der Waals surface area contributed by atoms with Gasteiger partial charge in [-0.2, -0.15) is 0 Å². The standard InChI is InChI=1S/C16H20N2O2S/c1-2-14-5-3-4-6-16(14)18-21(19,20)15-9-7-13(8-10-15)11-12-17/h3-10,18H,2,11-12,17H2,1H3. The van der Waals surface area contributed by atoms with Crippen LogP contribution in [0.25, 0.3) is 0 Å². The van der Waals surface area contributed by atoms with Gasteiger partial charge in [-0.05, 0) is 48.7 Å². The number of para-hydroxylation sites is 1. The largest absolute Gasteiger partial charge is 0.330 e. The maximum absolute atomic E-state index is 12.4. The summed E-state index contributed by atoms with van der Waals surface area (Å²) in [5.74, 6) is 0. The summed E-state index contributed by atoms with van der Waals surface area (Å²) in [4.78, 5) is 0.258. The van der Waals surface area contributed by atoms with Crippen molar-refractivity contribution in [1.82, 2.24) is 0 Å². The van der Waals surface area contributed by atoms with Crippen LogP contribution in [0.3, 0.4) is 0 Å². The Bertz CT molecular complexity index is 694. The summed E-state index contributed by atoms with van der Waals surface area (Å²) in [5.41, 5.74) is 8.12. The number of nitrogens with two attached hydrogens (primary N) is 1. The number of benzene rings is 2. The molecule has 2 aromatic carbocycles. The monoisotopic (exact) mass is 304 g/mol. The van der Waals surface area contributed by atoms with E-state index in [1.165, 1.54) is 0 Å². The summed E-state index contributed by atoms with van der Waals surface area (Å²) >= 11 is 0. The van der Waals surface area contributed by atoms with E-state index in [9.17, 15) is 8.42 Å². The number of nitrogens with one attached hydrogen (secondary N) is 1. The highest BCUT2D eigenvalue weighted by Gasteiger charge is 2.15. The fourth-order valence-corrected chi connectivity index (χ4v) is 3.23. The Morgan fingerprint density at radius 3 is 2.33 bits per heavy atom. The maximum Gasteiger partial charge on any atom is 0.261 e. The van der Waals surface area contributed by atoms with E-state index in [2.05, 4.69) is 4.72 Å². The van der Waals surface area contributed by atoms with Gasteiger partial charge in [0.1, 0.15) is 0 Å². The number of hydrogen-bond acceptors (Lipinski definition) is 3. The van der Waals surface area contributed by atoms with Crippen LogP contribution in [-0.2, 0) is 22.9 Å². The third-order valence-electron chi connectivity index (χ3n) is 3.31. The molecule has 2 aromatic rings. The van der Waals surface area contributed by atoms with E-state index >= 15 is 0 Å². The van der Waals surface area contributed by atoms with Crippen molar-refractivity contribution in [3.05, 3.63) is 59.7 Å². The van der Waals surface area contributed by atoms with Crippen LogP contribution in [0.15, 0.2) is 53.4 Å². The van der Waals surface area contributed by atoms with Crippen molar-refractivity contribution in [3.8, 4) is 0 Å². The topological polar surface area (TPSA) is 72.2 Å². The molecule has 3 N–H and O–H groups in total. The van der Waals surface area contributed by atoms with Crippen molar-refractivity contribution in [2.75, 3.05) is 11.3 Å². The van der Waals surface area contributed by atoms with E-state index in [4.69, 9.17) is 5.73 Å². The van der Waals surface area contributed by atoms with E-state index in [0.717, 1.165) is 24.0 Å². The first-order valence-electron chi connectivity index (χ1n) is 6.96. The molecule has 0 saturated carbocycles. The van der Waals surface area contributed by atoms with E-state index in [1.807, 2.05) is 25.1 Å². The quantitative estimate of drug-likeness (QED) is 0.861. The molecule has 0 spiro atoms. The van der Waals surface area contributed by atoms with Crippen LogP contribution in [0.2, 0.25) is 0 Å². The second-order valence-electron chi connectivity index (χ2n) is 4.80. The molecule has 0 heterocycles. The highest BCUT2D eigenvalue weighted by atomic mass is 32.2. The third kappa shape index (κ3) is 3.83. The van der Waals surface area contributed by atoms with Crippen molar-refractivity contribution >= 4 is 15.7 Å². The molecule has 0 atom stereocenters. The molecule has 5 heteroatoms. The summed E-state index contributed by atoms with van der Waals surface area (Å²) in [5, 5.41) is 0. The smallest absolute Gasteiger partial charge is 0.261 e. The third-order valence-corrected chi connectivity index (χ3v) is 4.69. The van der Waals surface area contributed by atoms with Crippen LogP contribution in [0.1, 0.15) is 18.1 Å². The van der Waals surface area contributed by atoms with E-state index in [1.54, 1.807) is 30.3 Å². The molecule has 0 bridgehead atoms. The SMILES string of the molecule is CCc1ccccc1NS(=O)(=O)c1ccc(CCN)cc1. The highest BCUT2D eigenvalue weighted by molar-refractivity contribution is 7.92. The van der Waals surface area contributed by atoms with Gasteiger partial charge in [0.05, 0.1) is 10.6 Å². The number of anilines is 1. The van der Waals surface area contributed by atoms with Gasteiger partial charge in [-0.25, -0.2) is 8.42 Å². The molecule has 0 aliphatic carbocycles. The van der Waals surface area contributed by atoms with Crippen molar-refractivity contribution in [1.29, 1.82) is 0 Å². The van der Waals surface area contributed by atoms with Crippen LogP contribution >= 0.6 is 0 Å². The van der Waals surface area contributed by atoms with E-state index in [0.29, 0.717) is 12.2 Å². The lowest BCUT2D eigenvalue weighted by atomic mass is 10.1. The lowest BCUT2D eigenvalue weighted by molar-refractivity contribution is 0.601. The zero-order valence-corrected chi connectivity index (χ0v) is 12.9. The molecule has 112 valence electrons. The summed E-state index contributed by atoms with van der Waals surface area (Å²) < 4.78 is 27.5. The minimum absolute atomic E-state index is 0.258. The Morgan fingerprint density at radius 2 is 1.71 bits per heavy atom. The van der Waals surface area contributed by atoms with Crippen LogP contribution < -0.4 is 10.5 Å². The Labute approximate surface area is 126 Å². The first-order chi connectivity index (χ1) is 10.1. The Morgan fingerprint density at radius 1 is 1.05 bits per heavy atom. The number of aryl methyl sites for hydroxylation is 1. The molecule has 0 fully saturated rings.